The normalized spacial score (nSPS) is 17.6. The summed E-state index contributed by atoms with van der Waals surface area (Å²) in [5.74, 6) is 1.38. The monoisotopic (exact) mass is 440 g/mol. The van der Waals surface area contributed by atoms with Gasteiger partial charge in [-0.3, -0.25) is 9.89 Å². The molecule has 1 aliphatic carbocycles. The molecule has 138 valence electrons. The van der Waals surface area contributed by atoms with Crippen molar-refractivity contribution in [3.05, 3.63) is 0 Å². The molecule has 0 aliphatic heterocycles. The number of guanidine groups is 1. The van der Waals surface area contributed by atoms with Gasteiger partial charge < -0.3 is 15.7 Å². The number of hydrogen-bond acceptors (Lipinski definition) is 3. The Morgan fingerprint density at radius 3 is 2.48 bits per heavy atom. The van der Waals surface area contributed by atoms with Crippen LogP contribution in [0.4, 0.5) is 0 Å². The van der Waals surface area contributed by atoms with Gasteiger partial charge in [-0.25, -0.2) is 0 Å². The van der Waals surface area contributed by atoms with E-state index in [0.717, 1.165) is 50.9 Å². The fourth-order valence-electron chi connectivity index (χ4n) is 2.71. The average molecular weight is 440 g/mol. The molecule has 0 spiro atoms. The van der Waals surface area contributed by atoms with E-state index in [1.165, 1.54) is 12.8 Å². The molecule has 0 radical (unpaired) electrons. The Morgan fingerprint density at radius 1 is 1.26 bits per heavy atom. The summed E-state index contributed by atoms with van der Waals surface area (Å²) in [4.78, 5) is 7.17. The Morgan fingerprint density at radius 2 is 1.96 bits per heavy atom. The second kappa shape index (κ2) is 13.2. The highest BCUT2D eigenvalue weighted by atomic mass is 127. The molecule has 2 atom stereocenters. The van der Waals surface area contributed by atoms with E-state index in [0.29, 0.717) is 12.0 Å². The fourth-order valence-corrected chi connectivity index (χ4v) is 2.71. The van der Waals surface area contributed by atoms with Crippen LogP contribution < -0.4 is 10.6 Å². The third-order valence-corrected chi connectivity index (χ3v) is 4.47. The largest absolute Gasteiger partial charge is 0.396 e. The Hall–Kier alpha value is -0.0800. The van der Waals surface area contributed by atoms with E-state index in [-0.39, 0.29) is 30.6 Å². The van der Waals surface area contributed by atoms with Gasteiger partial charge in [-0.1, -0.05) is 13.3 Å². The Kier molecular flexibility index (Phi) is 13.2. The molecule has 1 aliphatic rings. The topological polar surface area (TPSA) is 59.9 Å². The van der Waals surface area contributed by atoms with Gasteiger partial charge in [-0.05, 0) is 52.5 Å². The number of halogens is 1. The molecule has 0 heterocycles. The zero-order chi connectivity index (χ0) is 16.4. The number of nitrogens with zero attached hydrogens (tertiary/aromatic N) is 2. The minimum Gasteiger partial charge on any atom is -0.396 e. The molecule has 2 unspecified atom stereocenters. The standard InChI is InChI=1S/C17H36N4O.HI/c1-5-7-15(10-11-22)13-20-17(18-6-2)19-12-14(3)21(4)16-8-9-16;/h14-16,22H,5-13H2,1-4H3,(H2,18,19,20);1H. The van der Waals surface area contributed by atoms with Crippen LogP contribution in [0.3, 0.4) is 0 Å². The Balaban J connectivity index is 0.00000484. The van der Waals surface area contributed by atoms with E-state index in [1.807, 2.05) is 0 Å². The summed E-state index contributed by atoms with van der Waals surface area (Å²) < 4.78 is 0. The van der Waals surface area contributed by atoms with E-state index < -0.39 is 0 Å². The summed E-state index contributed by atoms with van der Waals surface area (Å²) in [6.07, 6.45) is 5.80. The maximum atomic E-state index is 9.14. The number of nitrogens with one attached hydrogen (secondary N) is 2. The van der Waals surface area contributed by atoms with Crippen molar-refractivity contribution in [3.63, 3.8) is 0 Å². The van der Waals surface area contributed by atoms with E-state index in [2.05, 4.69) is 43.4 Å². The van der Waals surface area contributed by atoms with E-state index in [1.54, 1.807) is 0 Å². The summed E-state index contributed by atoms with van der Waals surface area (Å²) in [5, 5.41) is 15.9. The molecule has 1 saturated carbocycles. The lowest BCUT2D eigenvalue weighted by Gasteiger charge is -2.25. The van der Waals surface area contributed by atoms with Gasteiger partial charge in [0.15, 0.2) is 5.96 Å². The molecular formula is C17H37IN4O. The van der Waals surface area contributed by atoms with Gasteiger partial charge in [-0.2, -0.15) is 0 Å². The first-order chi connectivity index (χ1) is 10.6. The molecular weight excluding hydrogens is 403 g/mol. The zero-order valence-corrected chi connectivity index (χ0v) is 17.7. The lowest BCUT2D eigenvalue weighted by Crippen LogP contribution is -2.45. The number of rotatable bonds is 11. The van der Waals surface area contributed by atoms with Crippen molar-refractivity contribution in [2.75, 3.05) is 33.3 Å². The first kappa shape index (κ1) is 22.9. The fraction of sp³-hybridized carbons (Fsp3) is 0.941. The second-order valence-corrected chi connectivity index (χ2v) is 6.51. The van der Waals surface area contributed by atoms with Crippen LogP contribution in [0.2, 0.25) is 0 Å². The van der Waals surface area contributed by atoms with Crippen molar-refractivity contribution in [2.45, 2.75) is 65.0 Å². The van der Waals surface area contributed by atoms with E-state index in [4.69, 9.17) is 10.1 Å². The summed E-state index contributed by atoms with van der Waals surface area (Å²) in [7, 11) is 2.21. The molecule has 0 amide bonds. The Bertz CT molecular complexity index is 318. The molecule has 0 bridgehead atoms. The van der Waals surface area contributed by atoms with Crippen LogP contribution in [-0.2, 0) is 0 Å². The molecule has 0 aromatic rings. The molecule has 0 aromatic carbocycles. The number of aliphatic imine (C=N–C) groups is 1. The van der Waals surface area contributed by atoms with E-state index in [9.17, 15) is 0 Å². The SMILES string of the molecule is CCCC(CCO)CN=C(NCC)NCC(C)N(C)C1CC1.I. The molecule has 0 saturated heterocycles. The van der Waals surface area contributed by atoms with Gasteiger partial charge in [-0.15, -0.1) is 24.0 Å². The quantitative estimate of drug-likeness (QED) is 0.263. The summed E-state index contributed by atoms with van der Waals surface area (Å²) >= 11 is 0. The molecule has 1 fully saturated rings. The smallest absolute Gasteiger partial charge is 0.191 e. The maximum absolute atomic E-state index is 9.14. The third kappa shape index (κ3) is 9.72. The van der Waals surface area contributed by atoms with Crippen LogP contribution in [0.5, 0.6) is 0 Å². The summed E-state index contributed by atoms with van der Waals surface area (Å²) in [6, 6.07) is 1.30. The Labute approximate surface area is 159 Å². The van der Waals surface area contributed by atoms with Crippen LogP contribution in [0.15, 0.2) is 4.99 Å². The number of aliphatic hydroxyl groups is 1. The molecule has 1 rings (SSSR count). The minimum atomic E-state index is 0. The van der Waals surface area contributed by atoms with Gasteiger partial charge in [0.25, 0.3) is 0 Å². The number of likely N-dealkylation sites (N-methyl/N-ethyl adjacent to an activating group) is 1. The van der Waals surface area contributed by atoms with Gasteiger partial charge in [0.05, 0.1) is 0 Å². The maximum Gasteiger partial charge on any atom is 0.191 e. The summed E-state index contributed by atoms with van der Waals surface area (Å²) in [5.41, 5.74) is 0. The number of hydrogen-bond donors (Lipinski definition) is 3. The predicted molar refractivity (Wildman–Crippen MR) is 110 cm³/mol. The predicted octanol–water partition coefficient (Wildman–Crippen LogP) is 2.44. The van der Waals surface area contributed by atoms with Gasteiger partial charge >= 0.3 is 0 Å². The lowest BCUT2D eigenvalue weighted by atomic mass is 10.0. The third-order valence-electron chi connectivity index (χ3n) is 4.47. The van der Waals surface area contributed by atoms with Crippen molar-refractivity contribution in [3.8, 4) is 0 Å². The van der Waals surface area contributed by atoms with Crippen LogP contribution in [0.1, 0.15) is 52.9 Å². The summed E-state index contributed by atoms with van der Waals surface area (Å²) in [6.45, 7) is 9.38. The van der Waals surface area contributed by atoms with Crippen molar-refractivity contribution in [1.82, 2.24) is 15.5 Å². The average Bonchev–Trinajstić information content (AvgIpc) is 3.34. The second-order valence-electron chi connectivity index (χ2n) is 6.51. The van der Waals surface area contributed by atoms with Crippen LogP contribution in [-0.4, -0.2) is 61.3 Å². The highest BCUT2D eigenvalue weighted by molar-refractivity contribution is 14.0. The molecule has 3 N–H and O–H groups in total. The van der Waals surface area contributed by atoms with E-state index >= 15 is 0 Å². The van der Waals surface area contributed by atoms with Crippen LogP contribution >= 0.6 is 24.0 Å². The molecule has 0 aromatic heterocycles. The molecule has 5 nitrogen and oxygen atoms in total. The highest BCUT2D eigenvalue weighted by Crippen LogP contribution is 2.26. The van der Waals surface area contributed by atoms with Crippen molar-refractivity contribution in [1.29, 1.82) is 0 Å². The highest BCUT2D eigenvalue weighted by Gasteiger charge is 2.28. The minimum absolute atomic E-state index is 0. The van der Waals surface area contributed by atoms with Gasteiger partial charge in [0.2, 0.25) is 0 Å². The van der Waals surface area contributed by atoms with Crippen molar-refractivity contribution in [2.24, 2.45) is 10.9 Å². The molecule has 6 heteroatoms. The number of aliphatic hydroxyl groups excluding tert-OH is 1. The van der Waals surface area contributed by atoms with Crippen LogP contribution in [0, 0.1) is 5.92 Å². The first-order valence-electron chi connectivity index (χ1n) is 8.97. The van der Waals surface area contributed by atoms with Crippen molar-refractivity contribution >= 4 is 29.9 Å². The first-order valence-corrected chi connectivity index (χ1v) is 8.97. The van der Waals surface area contributed by atoms with Gasteiger partial charge in [0.1, 0.15) is 0 Å². The van der Waals surface area contributed by atoms with Gasteiger partial charge in [0, 0.05) is 38.3 Å². The molecule has 23 heavy (non-hydrogen) atoms. The van der Waals surface area contributed by atoms with Crippen LogP contribution in [0.25, 0.3) is 0 Å². The lowest BCUT2D eigenvalue weighted by molar-refractivity contribution is 0.247. The van der Waals surface area contributed by atoms with Crippen molar-refractivity contribution < 1.29 is 5.11 Å². The zero-order valence-electron chi connectivity index (χ0n) is 15.3.